The maximum absolute atomic E-state index is 11.4. The van der Waals surface area contributed by atoms with E-state index in [1.165, 1.54) is 7.05 Å². The molecule has 1 aromatic carbocycles. The highest BCUT2D eigenvalue weighted by Crippen LogP contribution is 2.39. The Morgan fingerprint density at radius 1 is 1.00 bits per heavy atom. The minimum atomic E-state index is -0.848. The molecule has 0 saturated carbocycles. The minimum Gasteiger partial charge on any atom is -0.504 e. The molecule has 0 saturated heterocycles. The van der Waals surface area contributed by atoms with Crippen molar-refractivity contribution in [2.75, 3.05) is 0 Å². The van der Waals surface area contributed by atoms with Crippen molar-refractivity contribution in [3.05, 3.63) is 40.7 Å². The quantitative estimate of drug-likeness (QED) is 0.690. The zero-order valence-corrected chi connectivity index (χ0v) is 9.08. The predicted octanol–water partition coefficient (Wildman–Crippen LogP) is 1.17. The topological polar surface area (TPSA) is 82.7 Å². The molecule has 0 aliphatic carbocycles. The number of hydrogen-bond donors (Lipinski definition) is 3. The molecule has 0 fully saturated rings. The maximum atomic E-state index is 11.4. The number of aromatic hydroxyl groups is 3. The van der Waals surface area contributed by atoms with Crippen molar-refractivity contribution in [1.82, 2.24) is 4.57 Å². The van der Waals surface area contributed by atoms with E-state index in [9.17, 15) is 20.1 Å². The highest BCUT2D eigenvalue weighted by Gasteiger charge is 2.20. The fourth-order valence-electron chi connectivity index (χ4n) is 1.62. The molecule has 0 bridgehead atoms. The SMILES string of the molecule is Cn1c(O)c(-c2ccccc2)c(O)c(O)c1=O. The first-order valence-corrected chi connectivity index (χ1v) is 4.93. The smallest absolute Gasteiger partial charge is 0.299 e. The van der Waals surface area contributed by atoms with Crippen molar-refractivity contribution in [2.45, 2.75) is 0 Å². The molecule has 0 aliphatic rings. The van der Waals surface area contributed by atoms with Gasteiger partial charge in [0.2, 0.25) is 11.6 Å². The molecule has 5 nitrogen and oxygen atoms in total. The molecule has 0 atom stereocenters. The minimum absolute atomic E-state index is 0.0326. The lowest BCUT2D eigenvalue weighted by Gasteiger charge is -2.11. The molecule has 1 aromatic heterocycles. The predicted molar refractivity (Wildman–Crippen MR) is 62.1 cm³/mol. The van der Waals surface area contributed by atoms with Crippen LogP contribution in [0, 0.1) is 0 Å². The molecule has 0 spiro atoms. The molecule has 0 unspecified atom stereocenters. The highest BCUT2D eigenvalue weighted by molar-refractivity contribution is 5.77. The van der Waals surface area contributed by atoms with Gasteiger partial charge in [0, 0.05) is 7.05 Å². The standard InChI is InChI=1S/C12H11NO4/c1-13-11(16)8(7-5-3-2-4-6-7)9(14)10(15)12(13)17/h2-6,14-16H,1H3. The average Bonchev–Trinajstić information content (AvgIpc) is 2.36. The van der Waals surface area contributed by atoms with Crippen LogP contribution in [0.5, 0.6) is 17.4 Å². The first-order valence-electron chi connectivity index (χ1n) is 4.93. The van der Waals surface area contributed by atoms with Crippen LogP contribution in [0.15, 0.2) is 35.1 Å². The maximum Gasteiger partial charge on any atom is 0.299 e. The molecule has 5 heteroatoms. The molecule has 1 heterocycles. The van der Waals surface area contributed by atoms with Gasteiger partial charge in [-0.15, -0.1) is 0 Å². The molecular weight excluding hydrogens is 222 g/mol. The molecule has 0 aliphatic heterocycles. The van der Waals surface area contributed by atoms with Gasteiger partial charge in [-0.25, -0.2) is 0 Å². The van der Waals surface area contributed by atoms with Crippen molar-refractivity contribution < 1.29 is 15.3 Å². The van der Waals surface area contributed by atoms with Gasteiger partial charge in [-0.3, -0.25) is 9.36 Å². The normalized spacial score (nSPS) is 10.4. The van der Waals surface area contributed by atoms with Crippen molar-refractivity contribution >= 4 is 0 Å². The van der Waals surface area contributed by atoms with Crippen molar-refractivity contribution in [2.24, 2.45) is 7.05 Å². The largest absolute Gasteiger partial charge is 0.504 e. The molecule has 2 rings (SSSR count). The number of rotatable bonds is 1. The summed E-state index contributed by atoms with van der Waals surface area (Å²) in [4.78, 5) is 11.4. The van der Waals surface area contributed by atoms with Gasteiger partial charge in [-0.1, -0.05) is 30.3 Å². The van der Waals surface area contributed by atoms with E-state index < -0.39 is 22.9 Å². The number of nitrogens with zero attached hydrogens (tertiary/aromatic N) is 1. The van der Waals surface area contributed by atoms with Crippen LogP contribution in [0.25, 0.3) is 11.1 Å². The van der Waals surface area contributed by atoms with Crippen LogP contribution in [-0.4, -0.2) is 19.9 Å². The van der Waals surface area contributed by atoms with E-state index in [2.05, 4.69) is 0 Å². The van der Waals surface area contributed by atoms with Gasteiger partial charge in [0.1, 0.15) is 0 Å². The lowest BCUT2D eigenvalue weighted by atomic mass is 10.1. The van der Waals surface area contributed by atoms with Crippen molar-refractivity contribution in [3.8, 4) is 28.5 Å². The molecule has 88 valence electrons. The average molecular weight is 233 g/mol. The second-order valence-electron chi connectivity index (χ2n) is 3.63. The van der Waals surface area contributed by atoms with Crippen LogP contribution in [0.3, 0.4) is 0 Å². The first-order chi connectivity index (χ1) is 8.04. The summed E-state index contributed by atoms with van der Waals surface area (Å²) in [6.07, 6.45) is 0. The third-order valence-corrected chi connectivity index (χ3v) is 2.57. The lowest BCUT2D eigenvalue weighted by molar-refractivity contribution is 0.373. The summed E-state index contributed by atoms with van der Waals surface area (Å²) in [5.41, 5.74) is -0.307. The molecule has 0 amide bonds. The van der Waals surface area contributed by atoms with E-state index in [0.717, 1.165) is 4.57 Å². The monoisotopic (exact) mass is 233 g/mol. The van der Waals surface area contributed by atoms with Crippen LogP contribution in [0.1, 0.15) is 0 Å². The van der Waals surface area contributed by atoms with E-state index in [1.807, 2.05) is 0 Å². The fraction of sp³-hybridized carbons (Fsp3) is 0.0833. The second kappa shape index (κ2) is 3.86. The third-order valence-electron chi connectivity index (χ3n) is 2.57. The van der Waals surface area contributed by atoms with E-state index >= 15 is 0 Å². The Morgan fingerprint density at radius 3 is 2.18 bits per heavy atom. The highest BCUT2D eigenvalue weighted by atomic mass is 16.3. The van der Waals surface area contributed by atoms with Gasteiger partial charge in [0.05, 0.1) is 5.56 Å². The van der Waals surface area contributed by atoms with Gasteiger partial charge in [0.25, 0.3) is 5.56 Å². The van der Waals surface area contributed by atoms with Crippen LogP contribution in [-0.2, 0) is 7.05 Å². The van der Waals surface area contributed by atoms with E-state index in [1.54, 1.807) is 30.3 Å². The van der Waals surface area contributed by atoms with Gasteiger partial charge in [0.15, 0.2) is 5.75 Å². The number of pyridine rings is 1. The Hall–Kier alpha value is -2.43. The molecule has 17 heavy (non-hydrogen) atoms. The Kier molecular flexibility index (Phi) is 2.51. The third kappa shape index (κ3) is 1.61. The summed E-state index contributed by atoms with van der Waals surface area (Å²) in [7, 11) is 1.31. The zero-order chi connectivity index (χ0) is 12.6. The van der Waals surface area contributed by atoms with E-state index in [0.29, 0.717) is 5.56 Å². The fourth-order valence-corrected chi connectivity index (χ4v) is 1.62. The van der Waals surface area contributed by atoms with E-state index in [4.69, 9.17) is 0 Å². The Balaban J connectivity index is 2.84. The summed E-state index contributed by atoms with van der Waals surface area (Å²) in [6.45, 7) is 0. The van der Waals surface area contributed by atoms with E-state index in [-0.39, 0.29) is 5.56 Å². The zero-order valence-electron chi connectivity index (χ0n) is 9.08. The lowest BCUT2D eigenvalue weighted by Crippen LogP contribution is -2.16. The van der Waals surface area contributed by atoms with Crippen molar-refractivity contribution in [3.63, 3.8) is 0 Å². The van der Waals surface area contributed by atoms with Gasteiger partial charge in [-0.05, 0) is 5.56 Å². The Labute approximate surface area is 96.8 Å². The van der Waals surface area contributed by atoms with Gasteiger partial charge in [-0.2, -0.15) is 0 Å². The van der Waals surface area contributed by atoms with Gasteiger partial charge < -0.3 is 15.3 Å². The second-order valence-corrected chi connectivity index (χ2v) is 3.63. The summed E-state index contributed by atoms with van der Waals surface area (Å²) >= 11 is 0. The number of hydrogen-bond acceptors (Lipinski definition) is 4. The first kappa shape index (κ1) is 11.1. The van der Waals surface area contributed by atoms with Crippen LogP contribution in [0.2, 0.25) is 0 Å². The molecular formula is C12H11NO4. The summed E-state index contributed by atoms with van der Waals surface area (Å²) in [6, 6.07) is 8.52. The Morgan fingerprint density at radius 2 is 1.59 bits per heavy atom. The van der Waals surface area contributed by atoms with Crippen molar-refractivity contribution in [1.29, 1.82) is 0 Å². The van der Waals surface area contributed by atoms with Crippen LogP contribution < -0.4 is 5.56 Å². The molecule has 0 radical (unpaired) electrons. The number of aromatic nitrogens is 1. The van der Waals surface area contributed by atoms with Crippen LogP contribution >= 0.6 is 0 Å². The summed E-state index contributed by atoms with van der Waals surface area (Å²) in [5, 5.41) is 29.0. The van der Waals surface area contributed by atoms with Gasteiger partial charge >= 0.3 is 0 Å². The van der Waals surface area contributed by atoms with Crippen LogP contribution in [0.4, 0.5) is 0 Å². The summed E-state index contributed by atoms with van der Waals surface area (Å²) in [5.74, 6) is -1.78. The summed E-state index contributed by atoms with van der Waals surface area (Å²) < 4.78 is 0.872. The Bertz CT molecular complexity index is 584. The molecule has 2 aromatic rings. The number of benzene rings is 1. The molecule has 3 N–H and O–H groups in total.